The predicted octanol–water partition coefficient (Wildman–Crippen LogP) is 4.81. The van der Waals surface area contributed by atoms with Crippen molar-refractivity contribution in [3.63, 3.8) is 0 Å². The number of aliphatic hydroxyl groups excluding tert-OH is 1. The zero-order valence-electron chi connectivity index (χ0n) is 19.5. The van der Waals surface area contributed by atoms with E-state index in [1.165, 1.54) is 0 Å². The number of hydrogen-bond donors (Lipinski definition) is 1. The molecule has 0 spiro atoms. The van der Waals surface area contributed by atoms with Crippen molar-refractivity contribution in [1.29, 1.82) is 0 Å². The van der Waals surface area contributed by atoms with Crippen LogP contribution in [0.15, 0.2) is 67.3 Å². The van der Waals surface area contributed by atoms with Crippen molar-refractivity contribution in [2.75, 3.05) is 19.8 Å². The maximum absolute atomic E-state index is 10.5. The number of ether oxygens (including phenoxy) is 2. The van der Waals surface area contributed by atoms with Crippen LogP contribution in [0.5, 0.6) is 11.6 Å². The molecule has 1 saturated carbocycles. The molecule has 6 heteroatoms. The minimum atomic E-state index is -0.559. The van der Waals surface area contributed by atoms with Crippen LogP contribution in [0.3, 0.4) is 0 Å². The molecule has 1 aromatic heterocycles. The van der Waals surface area contributed by atoms with Gasteiger partial charge in [0, 0.05) is 19.1 Å². The first kappa shape index (κ1) is 23.2. The highest BCUT2D eigenvalue weighted by atomic mass is 16.5. The number of rotatable bonds is 12. The third-order valence-corrected chi connectivity index (χ3v) is 5.76. The zero-order valence-corrected chi connectivity index (χ0v) is 19.5. The van der Waals surface area contributed by atoms with Gasteiger partial charge in [-0.2, -0.15) is 5.10 Å². The first-order chi connectivity index (χ1) is 16.0. The van der Waals surface area contributed by atoms with Gasteiger partial charge in [-0.05, 0) is 56.5 Å². The Balaban J connectivity index is 1.63. The second kappa shape index (κ2) is 10.8. The van der Waals surface area contributed by atoms with E-state index in [9.17, 15) is 5.11 Å². The predicted molar refractivity (Wildman–Crippen MR) is 130 cm³/mol. The van der Waals surface area contributed by atoms with Gasteiger partial charge in [-0.3, -0.25) is 4.90 Å². The fourth-order valence-corrected chi connectivity index (χ4v) is 3.96. The van der Waals surface area contributed by atoms with Gasteiger partial charge in [0.25, 0.3) is 0 Å². The summed E-state index contributed by atoms with van der Waals surface area (Å²) in [5.41, 5.74) is 4.04. The number of aryl methyl sites for hydroxylation is 2. The summed E-state index contributed by atoms with van der Waals surface area (Å²) in [6.45, 7) is 9.67. The molecule has 1 heterocycles. The average molecular weight is 448 g/mol. The van der Waals surface area contributed by atoms with Crippen LogP contribution >= 0.6 is 0 Å². The molecule has 33 heavy (non-hydrogen) atoms. The van der Waals surface area contributed by atoms with E-state index in [-0.39, 0.29) is 0 Å². The standard InChI is InChI=1S/C27H33N3O3/c1-4-15-32-19-24(31)17-29(22-13-14-22)18-26-21(3)28-30(23-10-6-5-7-11-23)27(26)33-25-12-8-9-20(2)16-25/h4-12,16,22,24,31H,1,13-15,17-19H2,2-3H3. The first-order valence-electron chi connectivity index (χ1n) is 11.5. The number of para-hydroxylation sites is 1. The second-order valence-corrected chi connectivity index (χ2v) is 8.68. The van der Waals surface area contributed by atoms with E-state index in [0.29, 0.717) is 38.2 Å². The van der Waals surface area contributed by atoms with Crippen molar-refractivity contribution in [3.8, 4) is 17.3 Å². The summed E-state index contributed by atoms with van der Waals surface area (Å²) in [5, 5.41) is 15.4. The summed E-state index contributed by atoms with van der Waals surface area (Å²) in [6.07, 6.45) is 3.42. The Morgan fingerprint density at radius 3 is 2.67 bits per heavy atom. The van der Waals surface area contributed by atoms with E-state index in [1.54, 1.807) is 6.08 Å². The van der Waals surface area contributed by atoms with E-state index in [0.717, 1.165) is 41.1 Å². The lowest BCUT2D eigenvalue weighted by molar-refractivity contribution is 0.0226. The van der Waals surface area contributed by atoms with Crippen LogP contribution in [0.25, 0.3) is 5.69 Å². The Bertz CT molecular complexity index is 1060. The van der Waals surface area contributed by atoms with Gasteiger partial charge in [-0.25, -0.2) is 4.68 Å². The average Bonchev–Trinajstić information content (AvgIpc) is 3.61. The first-order valence-corrected chi connectivity index (χ1v) is 11.5. The van der Waals surface area contributed by atoms with Gasteiger partial charge in [-0.1, -0.05) is 36.4 Å². The maximum Gasteiger partial charge on any atom is 0.227 e. The summed E-state index contributed by atoms with van der Waals surface area (Å²) in [6, 6.07) is 18.6. The van der Waals surface area contributed by atoms with Gasteiger partial charge in [0.1, 0.15) is 5.75 Å². The minimum Gasteiger partial charge on any atom is -0.439 e. The van der Waals surface area contributed by atoms with Crippen LogP contribution < -0.4 is 4.74 Å². The smallest absolute Gasteiger partial charge is 0.227 e. The lowest BCUT2D eigenvalue weighted by atomic mass is 10.2. The van der Waals surface area contributed by atoms with Gasteiger partial charge in [-0.15, -0.1) is 6.58 Å². The van der Waals surface area contributed by atoms with Crippen LogP contribution in [-0.4, -0.2) is 51.7 Å². The Hall–Kier alpha value is -2.93. The van der Waals surface area contributed by atoms with Crippen molar-refractivity contribution >= 4 is 0 Å². The van der Waals surface area contributed by atoms with E-state index in [4.69, 9.17) is 14.6 Å². The number of hydrogen-bond acceptors (Lipinski definition) is 5. The lowest BCUT2D eigenvalue weighted by Crippen LogP contribution is -2.36. The van der Waals surface area contributed by atoms with E-state index in [1.807, 2.05) is 60.1 Å². The second-order valence-electron chi connectivity index (χ2n) is 8.68. The number of aliphatic hydroxyl groups is 1. The molecule has 174 valence electrons. The molecule has 0 amide bonds. The molecule has 1 N–H and O–H groups in total. The highest BCUT2D eigenvalue weighted by molar-refractivity contribution is 5.43. The minimum absolute atomic E-state index is 0.296. The fourth-order valence-electron chi connectivity index (χ4n) is 3.96. The van der Waals surface area contributed by atoms with Gasteiger partial charge < -0.3 is 14.6 Å². The summed E-state index contributed by atoms with van der Waals surface area (Å²) in [5.74, 6) is 1.50. The Labute approximate surface area is 196 Å². The van der Waals surface area contributed by atoms with E-state index in [2.05, 4.69) is 24.5 Å². The zero-order chi connectivity index (χ0) is 23.2. The SMILES string of the molecule is C=CCOCC(O)CN(Cc1c(C)nn(-c2ccccc2)c1Oc1cccc(C)c1)C1CC1. The maximum atomic E-state index is 10.5. The number of benzene rings is 2. The van der Waals surface area contributed by atoms with Crippen molar-refractivity contribution in [2.45, 2.75) is 45.4 Å². The van der Waals surface area contributed by atoms with E-state index < -0.39 is 6.10 Å². The summed E-state index contributed by atoms with van der Waals surface area (Å²) >= 11 is 0. The van der Waals surface area contributed by atoms with E-state index >= 15 is 0 Å². The highest BCUT2D eigenvalue weighted by Crippen LogP contribution is 2.35. The highest BCUT2D eigenvalue weighted by Gasteiger charge is 2.32. The van der Waals surface area contributed by atoms with Crippen molar-refractivity contribution in [2.24, 2.45) is 0 Å². The van der Waals surface area contributed by atoms with Crippen molar-refractivity contribution < 1.29 is 14.6 Å². The van der Waals surface area contributed by atoms with Crippen LogP contribution in [0.1, 0.15) is 29.7 Å². The topological polar surface area (TPSA) is 59.8 Å². The molecule has 0 saturated heterocycles. The molecule has 0 radical (unpaired) electrons. The molecule has 1 fully saturated rings. The largest absolute Gasteiger partial charge is 0.439 e. The molecule has 6 nitrogen and oxygen atoms in total. The van der Waals surface area contributed by atoms with Gasteiger partial charge in [0.2, 0.25) is 5.88 Å². The van der Waals surface area contributed by atoms with Crippen molar-refractivity contribution in [3.05, 3.63) is 84.1 Å². The Morgan fingerprint density at radius 2 is 1.97 bits per heavy atom. The third-order valence-electron chi connectivity index (χ3n) is 5.76. The van der Waals surface area contributed by atoms with Crippen LogP contribution in [0.2, 0.25) is 0 Å². The van der Waals surface area contributed by atoms with Crippen LogP contribution in [-0.2, 0) is 11.3 Å². The Morgan fingerprint density at radius 1 is 1.18 bits per heavy atom. The molecule has 1 atom stereocenters. The van der Waals surface area contributed by atoms with Gasteiger partial charge in [0.15, 0.2) is 0 Å². The number of aromatic nitrogens is 2. The number of nitrogens with zero attached hydrogens (tertiary/aromatic N) is 3. The van der Waals surface area contributed by atoms with Gasteiger partial charge in [0.05, 0.1) is 36.3 Å². The molecule has 3 aromatic rings. The summed E-state index contributed by atoms with van der Waals surface area (Å²) in [4.78, 5) is 2.32. The molecular formula is C27H33N3O3. The summed E-state index contributed by atoms with van der Waals surface area (Å²) in [7, 11) is 0. The Kier molecular flexibility index (Phi) is 7.60. The lowest BCUT2D eigenvalue weighted by Gasteiger charge is -2.25. The van der Waals surface area contributed by atoms with Crippen LogP contribution in [0.4, 0.5) is 0 Å². The van der Waals surface area contributed by atoms with Gasteiger partial charge >= 0.3 is 0 Å². The quantitative estimate of drug-likeness (QED) is 0.319. The molecule has 0 aliphatic heterocycles. The summed E-state index contributed by atoms with van der Waals surface area (Å²) < 4.78 is 13.8. The molecule has 0 bridgehead atoms. The molecule has 1 aliphatic carbocycles. The molecule has 1 unspecified atom stereocenters. The fraction of sp³-hybridized carbons (Fsp3) is 0.370. The van der Waals surface area contributed by atoms with Crippen molar-refractivity contribution in [1.82, 2.24) is 14.7 Å². The molecule has 2 aromatic carbocycles. The molecule has 4 rings (SSSR count). The third kappa shape index (κ3) is 6.11. The monoisotopic (exact) mass is 447 g/mol. The van der Waals surface area contributed by atoms with Crippen LogP contribution in [0, 0.1) is 13.8 Å². The normalized spacial score (nSPS) is 14.4. The molecular weight excluding hydrogens is 414 g/mol. The molecule has 1 aliphatic rings.